The first-order chi connectivity index (χ1) is 10.6. The van der Waals surface area contributed by atoms with Crippen molar-refractivity contribution >= 4 is 46.3 Å². The van der Waals surface area contributed by atoms with Crippen molar-refractivity contribution in [2.75, 3.05) is 6.16 Å². The van der Waals surface area contributed by atoms with E-state index in [0.29, 0.717) is 0 Å². The number of benzene rings is 2. The summed E-state index contributed by atoms with van der Waals surface area (Å²) in [5.74, 6) is 0. The highest BCUT2D eigenvalue weighted by atomic mass is 33.2. The molecular weight excluding hydrogens is 342 g/mol. The number of unbranched alkanes of at least 4 members (excludes halogenated alkanes) is 1. The van der Waals surface area contributed by atoms with Gasteiger partial charge in [-0.15, -0.1) is 0 Å². The molecule has 0 radical (unpaired) electrons. The van der Waals surface area contributed by atoms with E-state index >= 15 is 0 Å². The first-order valence-electron chi connectivity index (χ1n) is 7.92. The largest absolute Gasteiger partial charge is 0.170 e. The Morgan fingerprint density at radius 2 is 1.45 bits per heavy atom. The van der Waals surface area contributed by atoms with Gasteiger partial charge in [-0.1, -0.05) is 36.6 Å². The van der Waals surface area contributed by atoms with Crippen LogP contribution in [0.2, 0.25) is 0 Å². The maximum Gasteiger partial charge on any atom is 0.170 e. The molecule has 0 aliphatic carbocycles. The van der Waals surface area contributed by atoms with E-state index in [2.05, 4.69) is 79.9 Å². The molecule has 0 bridgehead atoms. The van der Waals surface area contributed by atoms with Crippen LogP contribution in [0.4, 0.5) is 0 Å². The summed E-state index contributed by atoms with van der Waals surface area (Å²) in [6, 6.07) is 14.3. The highest BCUT2D eigenvalue weighted by Gasteiger charge is 2.62. The quantitative estimate of drug-likeness (QED) is 0.570. The predicted molar refractivity (Wildman–Crippen MR) is 107 cm³/mol. The molecule has 22 heavy (non-hydrogen) atoms. The van der Waals surface area contributed by atoms with E-state index in [9.17, 15) is 0 Å². The molecule has 4 heteroatoms. The Bertz CT molecular complexity index is 686. The first kappa shape index (κ1) is 15.5. The molecule has 0 atom stereocenters. The smallest absolute Gasteiger partial charge is 0.0652 e. The monoisotopic (exact) mass is 363 g/mol. The van der Waals surface area contributed by atoms with Crippen molar-refractivity contribution < 1.29 is 0 Å². The lowest BCUT2D eigenvalue weighted by atomic mass is 10.2. The molecule has 0 spiro atoms. The van der Waals surface area contributed by atoms with Crippen molar-refractivity contribution in [1.29, 1.82) is 0 Å². The molecule has 2 aromatic carbocycles. The Labute approximate surface area is 143 Å². The molecule has 2 heterocycles. The van der Waals surface area contributed by atoms with Crippen LogP contribution in [-0.4, -0.2) is 6.16 Å². The molecule has 0 fully saturated rings. The molecule has 0 saturated heterocycles. The normalized spacial score (nSPS) is 25.0. The molecule has 114 valence electrons. The molecule has 2 aliphatic heterocycles. The zero-order chi connectivity index (χ0) is 15.3. The maximum absolute atomic E-state index is 2.49. The van der Waals surface area contributed by atoms with Gasteiger partial charge in [-0.3, -0.25) is 0 Å². The minimum Gasteiger partial charge on any atom is -0.0652 e. The van der Waals surface area contributed by atoms with Crippen LogP contribution in [0.25, 0.3) is 0 Å². The highest BCUT2D eigenvalue weighted by Crippen LogP contribution is 3.04. The van der Waals surface area contributed by atoms with Gasteiger partial charge in [-0.05, 0) is 44.5 Å². The molecule has 2 aromatic rings. The first-order valence-corrected chi connectivity index (χ1v) is 14.8. The van der Waals surface area contributed by atoms with E-state index in [-0.39, 0.29) is 7.61 Å². The summed E-state index contributed by atoms with van der Waals surface area (Å²) in [7, 11) is -0.116. The fraction of sp³-hybridized carbons (Fsp3) is 0.333. The lowest BCUT2D eigenvalue weighted by molar-refractivity contribution is 0.895. The van der Waals surface area contributed by atoms with E-state index in [1.165, 1.54) is 30.1 Å². The van der Waals surface area contributed by atoms with Crippen molar-refractivity contribution in [1.82, 2.24) is 0 Å². The average Bonchev–Trinajstić information content (AvgIpc) is 2.96. The van der Waals surface area contributed by atoms with E-state index in [1.807, 2.05) is 0 Å². The molecule has 0 saturated carbocycles. The van der Waals surface area contributed by atoms with Crippen LogP contribution in [0.15, 0.2) is 46.2 Å². The zero-order valence-corrected chi connectivity index (χ0v) is 16.7. The van der Waals surface area contributed by atoms with E-state index in [0.717, 1.165) is 0 Å². The van der Waals surface area contributed by atoms with Crippen LogP contribution in [-0.2, 0) is 0 Å². The Morgan fingerprint density at radius 3 is 1.95 bits per heavy atom. The van der Waals surface area contributed by atoms with E-state index in [4.69, 9.17) is 0 Å². The molecule has 0 aromatic heterocycles. The molecule has 0 nitrogen and oxygen atoms in total. The summed E-state index contributed by atoms with van der Waals surface area (Å²) in [6.07, 6.45) is 4.13. The minimum absolute atomic E-state index is 0.116. The number of fused-ring (bicyclic) bond motifs is 5. The molecule has 0 N–H and O–H groups in total. The summed E-state index contributed by atoms with van der Waals surface area (Å²) in [5, 5.41) is 2.33. The number of hydrogen-bond donors (Lipinski definition) is 0. The van der Waals surface area contributed by atoms with Gasteiger partial charge >= 0.3 is 0 Å². The summed E-state index contributed by atoms with van der Waals surface area (Å²) in [6.45, 7) is 6.81. The van der Waals surface area contributed by atoms with Gasteiger partial charge in [0.1, 0.15) is 7.61 Å². The van der Waals surface area contributed by atoms with Gasteiger partial charge in [0.05, 0.1) is 38.7 Å². The lowest BCUT2D eigenvalue weighted by Crippen LogP contribution is -2.09. The van der Waals surface area contributed by atoms with Crippen molar-refractivity contribution in [2.24, 2.45) is 0 Å². The topological polar surface area (TPSA) is 0 Å². The number of rotatable bonds is 3. The van der Waals surface area contributed by atoms with Crippen LogP contribution in [0, 0.1) is 13.8 Å². The number of hydrogen-bond acceptors (Lipinski definition) is 2. The van der Waals surface area contributed by atoms with E-state index in [1.54, 1.807) is 20.4 Å². The molecule has 0 amide bonds. The molecule has 4 rings (SSSR count). The predicted octanol–water partition coefficient (Wildman–Crippen LogP) is 6.51. The third kappa shape index (κ3) is 2.39. The maximum atomic E-state index is 2.49. The van der Waals surface area contributed by atoms with Crippen molar-refractivity contribution in [3.63, 3.8) is 0 Å². The Kier molecular flexibility index (Phi) is 4.10. The van der Waals surface area contributed by atoms with Crippen LogP contribution in [0.3, 0.4) is 0 Å². The van der Waals surface area contributed by atoms with Crippen molar-refractivity contribution in [3.05, 3.63) is 47.5 Å². The third-order valence-corrected chi connectivity index (χ3v) is 22.8. The van der Waals surface area contributed by atoms with Crippen LogP contribution < -0.4 is 10.6 Å². The van der Waals surface area contributed by atoms with Gasteiger partial charge in [0.25, 0.3) is 0 Å². The fourth-order valence-electron chi connectivity index (χ4n) is 3.16. The summed E-state index contributed by atoms with van der Waals surface area (Å²) in [5.41, 5.74) is 2.84. The SMILES string of the molecule is CCCC[P+]12Sc3ccc(C)cc3P1c1cc(C)ccc1S2. The van der Waals surface area contributed by atoms with Crippen LogP contribution >= 0.6 is 35.7 Å². The van der Waals surface area contributed by atoms with Gasteiger partial charge in [0.15, 0.2) is 5.35 Å². The lowest BCUT2D eigenvalue weighted by Gasteiger charge is -2.17. The van der Waals surface area contributed by atoms with Gasteiger partial charge in [-0.25, -0.2) is 0 Å². The second-order valence-corrected chi connectivity index (χ2v) is 21.1. The van der Waals surface area contributed by atoms with Crippen molar-refractivity contribution in [2.45, 2.75) is 43.4 Å². The Hall–Kier alpha value is -0.0000000000000000555. The second-order valence-electron chi connectivity index (χ2n) is 6.15. The van der Waals surface area contributed by atoms with Crippen LogP contribution in [0.5, 0.6) is 0 Å². The van der Waals surface area contributed by atoms with E-state index < -0.39 is 5.35 Å². The minimum atomic E-state index is -1.03. The second kappa shape index (κ2) is 5.82. The standard InChI is InChI=1S/C18H21P2S2/c1-4-5-10-20-19(15-11-13(2)6-8-17(15)21-20)16-12-14(3)7-9-18(16)22-20/h6-9,11-12H,4-5,10H2,1-3H3/q+1. The third-order valence-electron chi connectivity index (χ3n) is 4.27. The zero-order valence-electron chi connectivity index (χ0n) is 13.3. The Morgan fingerprint density at radius 1 is 0.909 bits per heavy atom. The van der Waals surface area contributed by atoms with Gasteiger partial charge in [-0.2, -0.15) is 0 Å². The summed E-state index contributed by atoms with van der Waals surface area (Å²) >= 11 is 4.54. The summed E-state index contributed by atoms with van der Waals surface area (Å²) < 4.78 is 0. The molecular formula is C18H21P2S2+. The molecule has 2 aliphatic rings. The van der Waals surface area contributed by atoms with Crippen LogP contribution in [0.1, 0.15) is 30.9 Å². The fourth-order valence-corrected chi connectivity index (χ4v) is 26.1. The van der Waals surface area contributed by atoms with Crippen molar-refractivity contribution in [3.8, 4) is 0 Å². The Balaban J connectivity index is 1.88. The highest BCUT2D eigenvalue weighted by molar-refractivity contribution is 9.13. The number of aryl methyl sites for hydroxylation is 2. The molecule has 0 unspecified atom stereocenters. The van der Waals surface area contributed by atoms with Gasteiger partial charge in [0.2, 0.25) is 0 Å². The van der Waals surface area contributed by atoms with Gasteiger partial charge in [0, 0.05) is 10.6 Å². The summed E-state index contributed by atoms with van der Waals surface area (Å²) in [4.78, 5) is 3.17. The average molecular weight is 363 g/mol. The van der Waals surface area contributed by atoms with Gasteiger partial charge < -0.3 is 0 Å².